The van der Waals surface area contributed by atoms with Gasteiger partial charge in [-0.2, -0.15) is 0 Å². The predicted octanol–water partition coefficient (Wildman–Crippen LogP) is 2.01. The van der Waals surface area contributed by atoms with E-state index < -0.39 is 0 Å². The van der Waals surface area contributed by atoms with Crippen LogP contribution in [0.3, 0.4) is 0 Å². The number of aliphatic hydroxyl groups is 1. The van der Waals surface area contributed by atoms with Crippen LogP contribution in [0.2, 0.25) is 0 Å². The maximum atomic E-state index is 9.96. The van der Waals surface area contributed by atoms with Crippen molar-refractivity contribution >= 4 is 0 Å². The molecule has 0 radical (unpaired) electrons. The maximum absolute atomic E-state index is 9.96. The minimum absolute atomic E-state index is 0.0440. The summed E-state index contributed by atoms with van der Waals surface area (Å²) in [4.78, 5) is 2.54. The Morgan fingerprint density at radius 1 is 1.29 bits per heavy atom. The number of nitrogens with zero attached hydrogens (tertiary/aromatic N) is 1. The third-order valence-corrected chi connectivity index (χ3v) is 5.10. The van der Waals surface area contributed by atoms with E-state index in [2.05, 4.69) is 37.9 Å². The number of aliphatic hydroxyl groups excluding tert-OH is 1. The van der Waals surface area contributed by atoms with Gasteiger partial charge in [0.25, 0.3) is 0 Å². The monoisotopic (exact) mass is 298 g/mol. The van der Waals surface area contributed by atoms with Gasteiger partial charge in [-0.15, -0.1) is 0 Å². The molecule has 1 aliphatic heterocycles. The lowest BCUT2D eigenvalue weighted by Gasteiger charge is -2.39. The average Bonchev–Trinajstić information content (AvgIpc) is 2.78. The van der Waals surface area contributed by atoms with Gasteiger partial charge in [0.15, 0.2) is 0 Å². The molecule has 0 aromatic carbocycles. The van der Waals surface area contributed by atoms with Crippen molar-refractivity contribution in [3.63, 3.8) is 0 Å². The molecular formula is C17H34N2O2. The van der Waals surface area contributed by atoms with Crippen LogP contribution < -0.4 is 5.32 Å². The molecule has 1 aliphatic carbocycles. The molecule has 1 saturated heterocycles. The predicted molar refractivity (Wildman–Crippen MR) is 86.5 cm³/mol. The Morgan fingerprint density at radius 3 is 2.52 bits per heavy atom. The largest absolute Gasteiger partial charge is 0.394 e. The van der Waals surface area contributed by atoms with Crippen LogP contribution >= 0.6 is 0 Å². The van der Waals surface area contributed by atoms with Crippen LogP contribution in [0.4, 0.5) is 0 Å². The lowest BCUT2D eigenvalue weighted by Crippen LogP contribution is -2.55. The molecule has 0 amide bonds. The van der Waals surface area contributed by atoms with E-state index in [0.29, 0.717) is 24.2 Å². The van der Waals surface area contributed by atoms with E-state index in [1.165, 1.54) is 19.3 Å². The van der Waals surface area contributed by atoms with Crippen LogP contribution in [-0.2, 0) is 4.74 Å². The summed E-state index contributed by atoms with van der Waals surface area (Å²) in [5, 5.41) is 13.6. The van der Waals surface area contributed by atoms with E-state index in [1.807, 2.05) is 0 Å². The molecule has 1 heterocycles. The van der Waals surface area contributed by atoms with Crippen LogP contribution in [0.15, 0.2) is 0 Å². The van der Waals surface area contributed by atoms with E-state index >= 15 is 0 Å². The second-order valence-corrected chi connectivity index (χ2v) is 7.51. The minimum Gasteiger partial charge on any atom is -0.394 e. The molecule has 124 valence electrons. The first kappa shape index (κ1) is 17.2. The van der Waals surface area contributed by atoms with Crippen molar-refractivity contribution in [3.8, 4) is 0 Å². The topological polar surface area (TPSA) is 44.7 Å². The first-order valence-corrected chi connectivity index (χ1v) is 8.71. The molecule has 0 spiro atoms. The molecule has 2 fully saturated rings. The fourth-order valence-electron chi connectivity index (χ4n) is 4.39. The van der Waals surface area contributed by atoms with Crippen molar-refractivity contribution in [1.29, 1.82) is 0 Å². The van der Waals surface area contributed by atoms with E-state index in [-0.39, 0.29) is 12.1 Å². The van der Waals surface area contributed by atoms with Gasteiger partial charge in [0.05, 0.1) is 18.8 Å². The Hall–Kier alpha value is -0.160. The first-order chi connectivity index (χ1) is 9.95. The molecular weight excluding hydrogens is 264 g/mol. The summed E-state index contributed by atoms with van der Waals surface area (Å²) >= 11 is 0. The van der Waals surface area contributed by atoms with Crippen LogP contribution in [0, 0.1) is 5.92 Å². The highest BCUT2D eigenvalue weighted by atomic mass is 16.5. The van der Waals surface area contributed by atoms with Gasteiger partial charge in [-0.05, 0) is 45.6 Å². The van der Waals surface area contributed by atoms with Gasteiger partial charge in [0.2, 0.25) is 0 Å². The van der Waals surface area contributed by atoms with Crippen LogP contribution in [-0.4, -0.2) is 60.0 Å². The van der Waals surface area contributed by atoms with Crippen molar-refractivity contribution in [2.75, 3.05) is 26.2 Å². The fourth-order valence-corrected chi connectivity index (χ4v) is 4.39. The summed E-state index contributed by atoms with van der Waals surface area (Å²) in [5.41, 5.74) is -0.0440. The second-order valence-electron chi connectivity index (χ2n) is 7.51. The third kappa shape index (κ3) is 4.41. The van der Waals surface area contributed by atoms with Gasteiger partial charge < -0.3 is 15.2 Å². The standard InChI is InChI=1S/C17H34N2O2/c1-13(2)18-17(12-20)8-5-6-16(17)7-9-19-10-14(3)21-15(4)11-19/h13-16,18,20H,5-12H2,1-4H3/t14-,15+,16?,17?. The van der Waals surface area contributed by atoms with Gasteiger partial charge in [0, 0.05) is 24.7 Å². The smallest absolute Gasteiger partial charge is 0.0678 e. The van der Waals surface area contributed by atoms with Crippen molar-refractivity contribution < 1.29 is 9.84 Å². The quantitative estimate of drug-likeness (QED) is 0.787. The molecule has 0 aromatic heterocycles. The third-order valence-electron chi connectivity index (χ3n) is 5.10. The van der Waals surface area contributed by atoms with E-state index in [1.54, 1.807) is 0 Å². The Labute approximate surface area is 130 Å². The van der Waals surface area contributed by atoms with Gasteiger partial charge in [-0.25, -0.2) is 0 Å². The molecule has 4 atom stereocenters. The maximum Gasteiger partial charge on any atom is 0.0678 e. The molecule has 2 rings (SSSR count). The van der Waals surface area contributed by atoms with Gasteiger partial charge >= 0.3 is 0 Å². The zero-order valence-electron chi connectivity index (χ0n) is 14.3. The van der Waals surface area contributed by atoms with Gasteiger partial charge in [0.1, 0.15) is 0 Å². The molecule has 2 aliphatic rings. The molecule has 0 aromatic rings. The molecule has 2 N–H and O–H groups in total. The van der Waals surface area contributed by atoms with Gasteiger partial charge in [-0.1, -0.05) is 20.3 Å². The van der Waals surface area contributed by atoms with E-state index in [9.17, 15) is 5.11 Å². The molecule has 0 bridgehead atoms. The van der Waals surface area contributed by atoms with E-state index in [0.717, 1.165) is 26.1 Å². The summed E-state index contributed by atoms with van der Waals surface area (Å²) in [6.07, 6.45) is 5.46. The van der Waals surface area contributed by atoms with Crippen molar-refractivity contribution in [3.05, 3.63) is 0 Å². The second kappa shape index (κ2) is 7.40. The minimum atomic E-state index is -0.0440. The average molecular weight is 298 g/mol. The Bertz CT molecular complexity index is 314. The van der Waals surface area contributed by atoms with Crippen LogP contribution in [0.5, 0.6) is 0 Å². The zero-order valence-corrected chi connectivity index (χ0v) is 14.3. The number of nitrogens with one attached hydrogen (secondary N) is 1. The SMILES string of the molecule is CC(C)NC1(CO)CCCC1CCN1C[C@@H](C)O[C@@H](C)C1. The molecule has 21 heavy (non-hydrogen) atoms. The fraction of sp³-hybridized carbons (Fsp3) is 1.00. The highest BCUT2D eigenvalue weighted by Gasteiger charge is 2.42. The van der Waals surface area contributed by atoms with Crippen molar-refractivity contribution in [2.45, 2.75) is 77.2 Å². The van der Waals surface area contributed by atoms with Crippen molar-refractivity contribution in [2.24, 2.45) is 5.92 Å². The lowest BCUT2D eigenvalue weighted by atomic mass is 9.84. The Balaban J connectivity index is 1.89. The van der Waals surface area contributed by atoms with Crippen LogP contribution in [0.25, 0.3) is 0 Å². The number of hydrogen-bond donors (Lipinski definition) is 2. The normalized spacial score (nSPS) is 38.3. The summed E-state index contributed by atoms with van der Waals surface area (Å²) in [7, 11) is 0. The molecule has 1 saturated carbocycles. The lowest BCUT2D eigenvalue weighted by molar-refractivity contribution is -0.0698. The number of morpholine rings is 1. The Kier molecular flexibility index (Phi) is 6.06. The van der Waals surface area contributed by atoms with Crippen molar-refractivity contribution in [1.82, 2.24) is 10.2 Å². The number of ether oxygens (including phenoxy) is 1. The summed E-state index contributed by atoms with van der Waals surface area (Å²) in [6.45, 7) is 12.2. The summed E-state index contributed by atoms with van der Waals surface area (Å²) in [5.74, 6) is 0.596. The Morgan fingerprint density at radius 2 is 1.95 bits per heavy atom. The first-order valence-electron chi connectivity index (χ1n) is 8.71. The van der Waals surface area contributed by atoms with Crippen LogP contribution in [0.1, 0.15) is 53.4 Å². The summed E-state index contributed by atoms with van der Waals surface area (Å²) < 4.78 is 5.81. The molecule has 4 nitrogen and oxygen atoms in total. The van der Waals surface area contributed by atoms with Gasteiger partial charge in [-0.3, -0.25) is 4.90 Å². The highest BCUT2D eigenvalue weighted by Crippen LogP contribution is 2.38. The summed E-state index contributed by atoms with van der Waals surface area (Å²) in [6, 6.07) is 0.432. The van der Waals surface area contributed by atoms with E-state index in [4.69, 9.17) is 4.74 Å². The zero-order chi connectivity index (χ0) is 15.5. The number of rotatable bonds is 6. The number of hydrogen-bond acceptors (Lipinski definition) is 4. The highest BCUT2D eigenvalue weighted by molar-refractivity contribution is 5.00. The molecule has 2 unspecified atom stereocenters. The molecule has 4 heteroatoms.